The maximum Gasteiger partial charge on any atom is 0.308 e. The first-order valence-electron chi connectivity index (χ1n) is 8.41. The van der Waals surface area contributed by atoms with Crippen LogP contribution in [0.3, 0.4) is 0 Å². The minimum Gasteiger partial charge on any atom is -0.481 e. The molecule has 0 spiro atoms. The van der Waals surface area contributed by atoms with Crippen molar-refractivity contribution < 1.29 is 14.7 Å². The van der Waals surface area contributed by atoms with Gasteiger partial charge < -0.3 is 10.4 Å². The number of aromatic nitrogens is 2. The molecule has 0 aliphatic heterocycles. The second-order valence-electron chi connectivity index (χ2n) is 6.73. The van der Waals surface area contributed by atoms with Gasteiger partial charge in [0, 0.05) is 6.04 Å². The fourth-order valence-corrected chi connectivity index (χ4v) is 2.60. The van der Waals surface area contributed by atoms with Crippen LogP contribution in [-0.4, -0.2) is 32.8 Å². The number of nitrogens with one attached hydrogen (secondary N) is 1. The predicted molar refractivity (Wildman–Crippen MR) is 96.1 cm³/mol. The number of amides is 1. The SMILES string of the molecule is Cc1ccc(-n2ncc(C(=O)NC(C)C(C)C(=O)O)c2C(C)C)cc1. The Kier molecular flexibility index (Phi) is 5.62. The highest BCUT2D eigenvalue weighted by Crippen LogP contribution is 2.23. The number of aliphatic carboxylic acids is 1. The molecule has 134 valence electrons. The van der Waals surface area contributed by atoms with E-state index in [0.29, 0.717) is 5.56 Å². The molecule has 0 aliphatic rings. The summed E-state index contributed by atoms with van der Waals surface area (Å²) in [6.07, 6.45) is 1.54. The lowest BCUT2D eigenvalue weighted by Gasteiger charge is -2.18. The Morgan fingerprint density at radius 3 is 2.24 bits per heavy atom. The van der Waals surface area contributed by atoms with Gasteiger partial charge in [0.05, 0.1) is 29.1 Å². The first-order valence-corrected chi connectivity index (χ1v) is 8.41. The van der Waals surface area contributed by atoms with Crippen LogP contribution in [0.5, 0.6) is 0 Å². The van der Waals surface area contributed by atoms with Gasteiger partial charge in [-0.15, -0.1) is 0 Å². The molecule has 0 bridgehead atoms. The number of rotatable bonds is 6. The summed E-state index contributed by atoms with van der Waals surface area (Å²) in [5.74, 6) is -1.83. The number of nitrogens with zero attached hydrogens (tertiary/aromatic N) is 2. The van der Waals surface area contributed by atoms with Crippen LogP contribution in [-0.2, 0) is 4.79 Å². The number of aryl methyl sites for hydroxylation is 1. The second kappa shape index (κ2) is 7.51. The summed E-state index contributed by atoms with van der Waals surface area (Å²) >= 11 is 0. The van der Waals surface area contributed by atoms with Gasteiger partial charge in [-0.25, -0.2) is 4.68 Å². The summed E-state index contributed by atoms with van der Waals surface area (Å²) in [4.78, 5) is 23.7. The number of carbonyl (C=O) groups is 2. The van der Waals surface area contributed by atoms with Crippen molar-refractivity contribution in [3.8, 4) is 5.69 Å². The van der Waals surface area contributed by atoms with Crippen LogP contribution in [0.25, 0.3) is 5.69 Å². The number of hydrogen-bond donors (Lipinski definition) is 2. The lowest BCUT2D eigenvalue weighted by Crippen LogP contribution is -2.40. The zero-order valence-corrected chi connectivity index (χ0v) is 15.3. The predicted octanol–water partition coefficient (Wildman–Crippen LogP) is 3.14. The zero-order chi connectivity index (χ0) is 18.7. The molecule has 2 atom stereocenters. The van der Waals surface area contributed by atoms with E-state index in [-0.39, 0.29) is 11.8 Å². The molecule has 0 saturated heterocycles. The number of carboxylic acids is 1. The monoisotopic (exact) mass is 343 g/mol. The maximum atomic E-state index is 12.6. The quantitative estimate of drug-likeness (QED) is 0.844. The zero-order valence-electron chi connectivity index (χ0n) is 15.3. The third-order valence-corrected chi connectivity index (χ3v) is 4.37. The minimum absolute atomic E-state index is 0.0803. The van der Waals surface area contributed by atoms with E-state index in [2.05, 4.69) is 10.4 Å². The topological polar surface area (TPSA) is 84.2 Å². The number of carbonyl (C=O) groups excluding carboxylic acids is 1. The van der Waals surface area contributed by atoms with Gasteiger partial charge in [-0.3, -0.25) is 9.59 Å². The highest BCUT2D eigenvalue weighted by atomic mass is 16.4. The average molecular weight is 343 g/mol. The van der Waals surface area contributed by atoms with Crippen LogP contribution in [0, 0.1) is 12.8 Å². The van der Waals surface area contributed by atoms with E-state index in [0.717, 1.165) is 16.9 Å². The Morgan fingerprint density at radius 2 is 1.72 bits per heavy atom. The van der Waals surface area contributed by atoms with Gasteiger partial charge in [0.2, 0.25) is 0 Å². The minimum atomic E-state index is -0.938. The number of carboxylic acid groups (broad SMARTS) is 1. The van der Waals surface area contributed by atoms with E-state index in [9.17, 15) is 9.59 Å². The molecule has 2 aromatic rings. The molecule has 25 heavy (non-hydrogen) atoms. The molecule has 1 aromatic heterocycles. The average Bonchev–Trinajstić information content (AvgIpc) is 2.99. The van der Waals surface area contributed by atoms with Gasteiger partial charge in [0.1, 0.15) is 0 Å². The van der Waals surface area contributed by atoms with Gasteiger partial charge in [-0.2, -0.15) is 5.10 Å². The summed E-state index contributed by atoms with van der Waals surface area (Å²) in [6.45, 7) is 9.28. The van der Waals surface area contributed by atoms with Gasteiger partial charge in [-0.05, 0) is 38.8 Å². The van der Waals surface area contributed by atoms with Crippen molar-refractivity contribution in [3.63, 3.8) is 0 Å². The first-order chi connectivity index (χ1) is 11.7. The molecule has 1 heterocycles. The van der Waals surface area contributed by atoms with Crippen molar-refractivity contribution in [1.82, 2.24) is 15.1 Å². The summed E-state index contributed by atoms with van der Waals surface area (Å²) in [5, 5.41) is 16.2. The molecule has 0 radical (unpaired) electrons. The smallest absolute Gasteiger partial charge is 0.308 e. The van der Waals surface area contributed by atoms with Crippen molar-refractivity contribution in [3.05, 3.63) is 47.3 Å². The molecular weight excluding hydrogens is 318 g/mol. The third kappa shape index (κ3) is 4.07. The van der Waals surface area contributed by atoms with Crippen molar-refractivity contribution >= 4 is 11.9 Å². The molecule has 2 N–H and O–H groups in total. The maximum absolute atomic E-state index is 12.6. The fourth-order valence-electron chi connectivity index (χ4n) is 2.60. The molecule has 6 heteroatoms. The van der Waals surface area contributed by atoms with Gasteiger partial charge in [0.15, 0.2) is 0 Å². The van der Waals surface area contributed by atoms with Crippen LogP contribution in [0.2, 0.25) is 0 Å². The van der Waals surface area contributed by atoms with Crippen molar-refractivity contribution in [2.24, 2.45) is 5.92 Å². The van der Waals surface area contributed by atoms with Gasteiger partial charge >= 0.3 is 5.97 Å². The van der Waals surface area contributed by atoms with E-state index in [4.69, 9.17) is 5.11 Å². The Labute approximate surface area is 147 Å². The van der Waals surface area contributed by atoms with Crippen molar-refractivity contribution in [2.45, 2.75) is 46.6 Å². The van der Waals surface area contributed by atoms with Crippen LogP contribution < -0.4 is 5.32 Å². The molecule has 0 aliphatic carbocycles. The lowest BCUT2D eigenvalue weighted by molar-refractivity contribution is -0.141. The molecular formula is C19H25N3O3. The summed E-state index contributed by atoms with van der Waals surface area (Å²) in [5.41, 5.74) is 3.31. The Bertz CT molecular complexity index is 763. The van der Waals surface area contributed by atoms with E-state index in [1.54, 1.807) is 24.7 Å². The Hall–Kier alpha value is -2.63. The molecule has 0 fully saturated rings. The molecule has 0 saturated carbocycles. The highest BCUT2D eigenvalue weighted by Gasteiger charge is 2.25. The van der Waals surface area contributed by atoms with E-state index in [1.165, 1.54) is 0 Å². The van der Waals surface area contributed by atoms with Crippen LogP contribution in [0.4, 0.5) is 0 Å². The third-order valence-electron chi connectivity index (χ3n) is 4.37. The Balaban J connectivity index is 2.34. The van der Waals surface area contributed by atoms with Gasteiger partial charge in [0.25, 0.3) is 5.91 Å². The molecule has 1 aromatic carbocycles. The van der Waals surface area contributed by atoms with E-state index in [1.807, 2.05) is 45.0 Å². The van der Waals surface area contributed by atoms with Gasteiger partial charge in [-0.1, -0.05) is 31.5 Å². The normalized spacial score (nSPS) is 13.5. The number of hydrogen-bond acceptors (Lipinski definition) is 3. The number of benzene rings is 1. The van der Waals surface area contributed by atoms with Crippen molar-refractivity contribution in [1.29, 1.82) is 0 Å². The lowest BCUT2D eigenvalue weighted by atomic mass is 10.0. The van der Waals surface area contributed by atoms with Crippen LogP contribution in [0.1, 0.15) is 55.2 Å². The van der Waals surface area contributed by atoms with Crippen molar-refractivity contribution in [2.75, 3.05) is 0 Å². The highest BCUT2D eigenvalue weighted by molar-refractivity contribution is 5.96. The first kappa shape index (κ1) is 18.7. The Morgan fingerprint density at radius 1 is 1.12 bits per heavy atom. The fraction of sp³-hybridized carbons (Fsp3) is 0.421. The van der Waals surface area contributed by atoms with Crippen LogP contribution >= 0.6 is 0 Å². The summed E-state index contributed by atoms with van der Waals surface area (Å²) in [7, 11) is 0. The second-order valence-corrected chi connectivity index (χ2v) is 6.73. The van der Waals surface area contributed by atoms with Crippen LogP contribution in [0.15, 0.2) is 30.5 Å². The van der Waals surface area contributed by atoms with E-state index < -0.39 is 17.9 Å². The van der Waals surface area contributed by atoms with E-state index >= 15 is 0 Å². The summed E-state index contributed by atoms with van der Waals surface area (Å²) in [6, 6.07) is 7.44. The summed E-state index contributed by atoms with van der Waals surface area (Å²) < 4.78 is 1.77. The standard InChI is InChI=1S/C19H25N3O3/c1-11(2)17-16(18(23)21-14(5)13(4)19(24)25)10-20-22(17)15-8-6-12(3)7-9-15/h6-11,13-14H,1-5H3,(H,21,23)(H,24,25). The molecule has 1 amide bonds. The molecule has 2 rings (SSSR count). The molecule has 6 nitrogen and oxygen atoms in total. The largest absolute Gasteiger partial charge is 0.481 e. The molecule has 2 unspecified atom stereocenters.